The minimum absolute atomic E-state index is 0.900. The molecular formula is C19H21N3S. The molecule has 3 aromatic rings. The number of rotatable bonds is 4. The first-order valence-corrected chi connectivity index (χ1v) is 8.72. The maximum Gasteiger partial charge on any atom is 0.196 e. The fourth-order valence-corrected chi connectivity index (χ4v) is 3.68. The molecule has 0 radical (unpaired) electrons. The molecule has 1 aromatic heterocycles. The summed E-state index contributed by atoms with van der Waals surface area (Å²) in [4.78, 5) is 0. The van der Waals surface area contributed by atoms with E-state index in [9.17, 15) is 0 Å². The predicted octanol–water partition coefficient (Wildman–Crippen LogP) is 4.79. The van der Waals surface area contributed by atoms with Gasteiger partial charge in [-0.25, -0.2) is 0 Å². The number of thioether (sulfide) groups is 1. The van der Waals surface area contributed by atoms with Crippen LogP contribution in [0.2, 0.25) is 0 Å². The molecule has 0 atom stereocenters. The highest BCUT2D eigenvalue weighted by Crippen LogP contribution is 2.27. The molecule has 3 nitrogen and oxygen atoms in total. The van der Waals surface area contributed by atoms with Gasteiger partial charge in [-0.05, 0) is 50.5 Å². The van der Waals surface area contributed by atoms with E-state index in [0.29, 0.717) is 0 Å². The van der Waals surface area contributed by atoms with E-state index < -0.39 is 0 Å². The Morgan fingerprint density at radius 2 is 1.70 bits per heavy atom. The van der Waals surface area contributed by atoms with Crippen LogP contribution in [0.1, 0.15) is 28.1 Å². The van der Waals surface area contributed by atoms with E-state index in [-0.39, 0.29) is 0 Å². The first kappa shape index (κ1) is 15.8. The molecule has 0 aliphatic rings. The standard InChI is InChI=1S/C19H21N3S/c1-13-9-10-14(2)17(11-13)12-23-19-21-20-16(4)22(19)18-8-6-5-7-15(18)3/h5-11H,12H2,1-4H3. The number of hydrogen-bond acceptors (Lipinski definition) is 3. The van der Waals surface area contributed by atoms with Gasteiger partial charge in [0.25, 0.3) is 0 Å². The molecule has 0 saturated carbocycles. The first-order valence-electron chi connectivity index (χ1n) is 7.73. The van der Waals surface area contributed by atoms with Crippen molar-refractivity contribution in [2.24, 2.45) is 0 Å². The molecule has 0 bridgehead atoms. The lowest BCUT2D eigenvalue weighted by Crippen LogP contribution is -2.01. The summed E-state index contributed by atoms with van der Waals surface area (Å²) in [6.07, 6.45) is 0. The zero-order valence-electron chi connectivity index (χ0n) is 14.0. The van der Waals surface area contributed by atoms with Crippen molar-refractivity contribution in [1.29, 1.82) is 0 Å². The Bertz CT molecular complexity index is 836. The zero-order valence-corrected chi connectivity index (χ0v) is 14.8. The van der Waals surface area contributed by atoms with Crippen LogP contribution in [0.4, 0.5) is 0 Å². The summed E-state index contributed by atoms with van der Waals surface area (Å²) in [5.74, 6) is 1.82. The first-order chi connectivity index (χ1) is 11.1. The second-order valence-electron chi connectivity index (χ2n) is 5.87. The van der Waals surface area contributed by atoms with Crippen molar-refractivity contribution in [3.63, 3.8) is 0 Å². The van der Waals surface area contributed by atoms with Crippen molar-refractivity contribution in [3.05, 3.63) is 70.5 Å². The van der Waals surface area contributed by atoms with Crippen molar-refractivity contribution in [3.8, 4) is 5.69 Å². The van der Waals surface area contributed by atoms with Crippen LogP contribution in [0, 0.1) is 27.7 Å². The molecule has 0 aliphatic heterocycles. The van der Waals surface area contributed by atoms with E-state index in [4.69, 9.17) is 0 Å². The van der Waals surface area contributed by atoms with Gasteiger partial charge in [0.1, 0.15) is 5.82 Å². The Labute approximate surface area is 141 Å². The molecule has 0 spiro atoms. The molecule has 2 aromatic carbocycles. The van der Waals surface area contributed by atoms with E-state index in [0.717, 1.165) is 22.4 Å². The lowest BCUT2D eigenvalue weighted by molar-refractivity contribution is 0.861. The van der Waals surface area contributed by atoms with Gasteiger partial charge >= 0.3 is 0 Å². The van der Waals surface area contributed by atoms with Gasteiger partial charge in [0.05, 0.1) is 5.69 Å². The Hall–Kier alpha value is -2.07. The van der Waals surface area contributed by atoms with Crippen molar-refractivity contribution < 1.29 is 0 Å². The summed E-state index contributed by atoms with van der Waals surface area (Å²) in [6.45, 7) is 8.41. The highest BCUT2D eigenvalue weighted by Gasteiger charge is 2.13. The number of para-hydroxylation sites is 1. The maximum absolute atomic E-state index is 4.38. The molecule has 118 valence electrons. The number of hydrogen-bond donors (Lipinski definition) is 0. The monoisotopic (exact) mass is 323 g/mol. The normalized spacial score (nSPS) is 11.0. The predicted molar refractivity (Wildman–Crippen MR) is 96.3 cm³/mol. The van der Waals surface area contributed by atoms with Gasteiger partial charge in [-0.2, -0.15) is 0 Å². The lowest BCUT2D eigenvalue weighted by atomic mass is 10.1. The van der Waals surface area contributed by atoms with Crippen LogP contribution in [0.5, 0.6) is 0 Å². The number of aryl methyl sites for hydroxylation is 4. The molecule has 4 heteroatoms. The van der Waals surface area contributed by atoms with Gasteiger partial charge in [-0.1, -0.05) is 53.7 Å². The Balaban J connectivity index is 1.90. The van der Waals surface area contributed by atoms with Gasteiger partial charge in [-0.3, -0.25) is 4.57 Å². The van der Waals surface area contributed by atoms with Crippen LogP contribution in [-0.4, -0.2) is 14.8 Å². The zero-order chi connectivity index (χ0) is 16.4. The largest absolute Gasteiger partial charge is 0.274 e. The highest BCUT2D eigenvalue weighted by molar-refractivity contribution is 7.98. The number of benzene rings is 2. The fraction of sp³-hybridized carbons (Fsp3) is 0.263. The second-order valence-corrected chi connectivity index (χ2v) is 6.81. The maximum atomic E-state index is 4.38. The van der Waals surface area contributed by atoms with Crippen LogP contribution in [0.25, 0.3) is 5.69 Å². The smallest absolute Gasteiger partial charge is 0.196 e. The number of nitrogens with zero attached hydrogens (tertiary/aromatic N) is 3. The van der Waals surface area contributed by atoms with Crippen LogP contribution in [0.15, 0.2) is 47.6 Å². The number of aromatic nitrogens is 3. The van der Waals surface area contributed by atoms with Crippen molar-refractivity contribution >= 4 is 11.8 Å². The summed E-state index contributed by atoms with van der Waals surface area (Å²) in [7, 11) is 0. The van der Waals surface area contributed by atoms with Gasteiger partial charge in [0.2, 0.25) is 0 Å². The molecule has 0 unspecified atom stereocenters. The summed E-state index contributed by atoms with van der Waals surface area (Å²) in [6, 6.07) is 14.9. The van der Waals surface area contributed by atoms with Gasteiger partial charge in [-0.15, -0.1) is 10.2 Å². The third-order valence-corrected chi connectivity index (χ3v) is 4.99. The second kappa shape index (κ2) is 6.59. The lowest BCUT2D eigenvalue weighted by Gasteiger charge is -2.12. The van der Waals surface area contributed by atoms with E-state index in [1.54, 1.807) is 11.8 Å². The van der Waals surface area contributed by atoms with Crippen LogP contribution in [-0.2, 0) is 5.75 Å². The third-order valence-electron chi connectivity index (χ3n) is 4.01. The molecule has 0 N–H and O–H groups in total. The highest BCUT2D eigenvalue weighted by atomic mass is 32.2. The van der Waals surface area contributed by atoms with E-state index in [2.05, 4.69) is 78.0 Å². The van der Waals surface area contributed by atoms with E-state index in [1.165, 1.54) is 22.3 Å². The summed E-state index contributed by atoms with van der Waals surface area (Å²) in [5.41, 5.74) is 6.35. The fourth-order valence-electron chi connectivity index (χ4n) is 2.63. The molecule has 0 aliphatic carbocycles. The van der Waals surface area contributed by atoms with E-state index >= 15 is 0 Å². The summed E-state index contributed by atoms with van der Waals surface area (Å²) in [5, 5.41) is 9.60. The van der Waals surface area contributed by atoms with Crippen LogP contribution in [0.3, 0.4) is 0 Å². The topological polar surface area (TPSA) is 30.7 Å². The molecule has 0 saturated heterocycles. The van der Waals surface area contributed by atoms with E-state index in [1.807, 2.05) is 6.92 Å². The van der Waals surface area contributed by atoms with Gasteiger partial charge in [0.15, 0.2) is 5.16 Å². The summed E-state index contributed by atoms with van der Waals surface area (Å²) < 4.78 is 2.14. The Morgan fingerprint density at radius 3 is 2.48 bits per heavy atom. The average Bonchev–Trinajstić information content (AvgIpc) is 2.89. The molecule has 3 rings (SSSR count). The van der Waals surface area contributed by atoms with Crippen molar-refractivity contribution in [2.75, 3.05) is 0 Å². The minimum atomic E-state index is 0.900. The molecule has 0 amide bonds. The average molecular weight is 323 g/mol. The van der Waals surface area contributed by atoms with Crippen LogP contribution >= 0.6 is 11.8 Å². The summed E-state index contributed by atoms with van der Waals surface area (Å²) >= 11 is 1.74. The minimum Gasteiger partial charge on any atom is -0.274 e. The Morgan fingerprint density at radius 1 is 0.913 bits per heavy atom. The Kier molecular flexibility index (Phi) is 4.53. The molecule has 23 heavy (non-hydrogen) atoms. The van der Waals surface area contributed by atoms with Crippen LogP contribution < -0.4 is 0 Å². The third kappa shape index (κ3) is 3.32. The van der Waals surface area contributed by atoms with Gasteiger partial charge < -0.3 is 0 Å². The van der Waals surface area contributed by atoms with Gasteiger partial charge in [0, 0.05) is 5.75 Å². The van der Waals surface area contributed by atoms with Crippen molar-refractivity contribution in [2.45, 2.75) is 38.6 Å². The molecular weight excluding hydrogens is 302 g/mol. The SMILES string of the molecule is Cc1ccc(C)c(CSc2nnc(C)n2-c2ccccc2C)c1. The molecule has 1 heterocycles. The quantitative estimate of drug-likeness (QED) is 0.647. The van der Waals surface area contributed by atoms with Crippen molar-refractivity contribution in [1.82, 2.24) is 14.8 Å². The molecule has 0 fully saturated rings.